The predicted octanol–water partition coefficient (Wildman–Crippen LogP) is 3.42. The summed E-state index contributed by atoms with van der Waals surface area (Å²) >= 11 is 0. The molecule has 0 radical (unpaired) electrons. The van der Waals surface area contributed by atoms with E-state index in [0.717, 1.165) is 17.7 Å². The molecule has 4 rings (SSSR count). The van der Waals surface area contributed by atoms with Gasteiger partial charge in [0.1, 0.15) is 0 Å². The molecule has 0 unspecified atom stereocenters. The van der Waals surface area contributed by atoms with E-state index in [4.69, 9.17) is 0 Å². The number of amides is 2. The van der Waals surface area contributed by atoms with Crippen molar-refractivity contribution in [2.45, 2.75) is 11.4 Å². The lowest BCUT2D eigenvalue weighted by atomic mass is 10.2. The molecule has 0 bridgehead atoms. The fourth-order valence-electron chi connectivity index (χ4n) is 3.77. The van der Waals surface area contributed by atoms with E-state index in [1.807, 2.05) is 24.3 Å². The first-order valence-corrected chi connectivity index (χ1v) is 12.9. The second kappa shape index (κ2) is 11.7. The van der Waals surface area contributed by atoms with Gasteiger partial charge in [0.2, 0.25) is 10.0 Å². The molecule has 1 saturated heterocycles. The second-order valence-corrected chi connectivity index (χ2v) is 10.1. The summed E-state index contributed by atoms with van der Waals surface area (Å²) in [6.07, 6.45) is 7.54. The zero-order valence-corrected chi connectivity index (χ0v) is 20.2. The van der Waals surface area contributed by atoms with Crippen molar-refractivity contribution >= 4 is 27.8 Å². The van der Waals surface area contributed by atoms with Crippen LogP contribution in [0.3, 0.4) is 0 Å². The van der Waals surface area contributed by atoms with Gasteiger partial charge in [0.15, 0.2) is 0 Å². The number of aromatic nitrogens is 1. The molecule has 1 fully saturated rings. The van der Waals surface area contributed by atoms with Crippen molar-refractivity contribution in [1.29, 1.82) is 0 Å². The van der Waals surface area contributed by atoms with Crippen LogP contribution in [0.25, 0.3) is 6.08 Å². The molecule has 2 amide bonds. The monoisotopic (exact) mass is 491 g/mol. The molecule has 2 N–H and O–H groups in total. The number of benzene rings is 2. The third-order valence-electron chi connectivity index (χ3n) is 5.73. The minimum atomic E-state index is -3.59. The number of anilines is 1. The predicted molar refractivity (Wildman–Crippen MR) is 137 cm³/mol. The molecule has 2 heterocycles. The third-order valence-corrected chi connectivity index (χ3v) is 7.64. The van der Waals surface area contributed by atoms with Gasteiger partial charge in [-0.3, -0.25) is 9.88 Å². The van der Waals surface area contributed by atoms with Crippen LogP contribution < -0.4 is 10.6 Å². The van der Waals surface area contributed by atoms with Crippen LogP contribution in [0.15, 0.2) is 90.1 Å². The summed E-state index contributed by atoms with van der Waals surface area (Å²) in [6, 6.07) is 19.7. The number of urea groups is 1. The van der Waals surface area contributed by atoms with Crippen molar-refractivity contribution in [2.75, 3.05) is 38.0 Å². The third kappa shape index (κ3) is 6.98. The molecule has 1 aliphatic rings. The van der Waals surface area contributed by atoms with E-state index in [9.17, 15) is 13.2 Å². The number of hydrogen-bond acceptors (Lipinski definition) is 5. The highest BCUT2D eigenvalue weighted by molar-refractivity contribution is 7.89. The summed E-state index contributed by atoms with van der Waals surface area (Å²) in [4.78, 5) is 18.6. The quantitative estimate of drug-likeness (QED) is 0.504. The number of nitrogens with one attached hydrogen (secondary N) is 2. The number of rotatable bonds is 8. The van der Waals surface area contributed by atoms with Crippen LogP contribution in [0.5, 0.6) is 0 Å². The Bertz CT molecular complexity index is 1220. The van der Waals surface area contributed by atoms with E-state index in [1.165, 1.54) is 16.4 Å². The highest BCUT2D eigenvalue weighted by Crippen LogP contribution is 2.20. The van der Waals surface area contributed by atoms with Crippen LogP contribution in [0.2, 0.25) is 0 Å². The van der Waals surface area contributed by atoms with Gasteiger partial charge < -0.3 is 10.6 Å². The van der Waals surface area contributed by atoms with Crippen molar-refractivity contribution in [2.24, 2.45) is 0 Å². The van der Waals surface area contributed by atoms with E-state index >= 15 is 0 Å². The summed E-state index contributed by atoms with van der Waals surface area (Å²) in [6.45, 7) is 3.37. The normalized spacial score (nSPS) is 15.2. The fourth-order valence-corrected chi connectivity index (χ4v) is 5.20. The molecule has 35 heavy (non-hydrogen) atoms. The van der Waals surface area contributed by atoms with Gasteiger partial charge in [-0.05, 0) is 41.5 Å². The zero-order valence-electron chi connectivity index (χ0n) is 19.4. The van der Waals surface area contributed by atoms with E-state index in [1.54, 1.807) is 30.6 Å². The maximum Gasteiger partial charge on any atom is 0.319 e. The number of hydrogen-bond donors (Lipinski definition) is 2. The standard InChI is InChI=1S/C26H29N5O3S/c32-26(28-21-23-8-4-14-27-20-23)29-24-10-12-25(13-11-24)35(33,34)31-18-16-30(17-19-31)15-5-9-22-6-2-1-3-7-22/h1-14,20H,15-19,21H2,(H2,28,29,32). The minimum absolute atomic E-state index is 0.219. The Balaban J connectivity index is 1.25. The largest absolute Gasteiger partial charge is 0.334 e. The summed E-state index contributed by atoms with van der Waals surface area (Å²) in [5.74, 6) is 0. The van der Waals surface area contributed by atoms with Crippen LogP contribution in [0.1, 0.15) is 11.1 Å². The van der Waals surface area contributed by atoms with Gasteiger partial charge in [-0.15, -0.1) is 0 Å². The molecule has 0 atom stereocenters. The topological polar surface area (TPSA) is 94.6 Å². The smallest absolute Gasteiger partial charge is 0.319 e. The van der Waals surface area contributed by atoms with Crippen LogP contribution in [-0.4, -0.2) is 61.4 Å². The number of carbonyl (C=O) groups excluding carboxylic acids is 1. The first kappa shape index (κ1) is 24.6. The number of piperazine rings is 1. The number of carbonyl (C=O) groups is 1. The summed E-state index contributed by atoms with van der Waals surface area (Å²) in [5, 5.41) is 5.46. The van der Waals surface area contributed by atoms with Gasteiger partial charge in [0.05, 0.1) is 4.90 Å². The molecular formula is C26H29N5O3S. The Morgan fingerprint density at radius 2 is 1.69 bits per heavy atom. The lowest BCUT2D eigenvalue weighted by Gasteiger charge is -2.33. The Morgan fingerprint density at radius 3 is 2.37 bits per heavy atom. The molecule has 182 valence electrons. The average Bonchev–Trinajstić information content (AvgIpc) is 2.89. The van der Waals surface area contributed by atoms with Gasteiger partial charge in [-0.1, -0.05) is 48.6 Å². The Labute approximate surface area is 206 Å². The minimum Gasteiger partial charge on any atom is -0.334 e. The fraction of sp³-hybridized carbons (Fsp3) is 0.231. The average molecular weight is 492 g/mol. The van der Waals surface area contributed by atoms with Gasteiger partial charge in [-0.2, -0.15) is 4.31 Å². The number of nitrogens with zero attached hydrogens (tertiary/aromatic N) is 3. The molecule has 2 aromatic carbocycles. The molecule has 8 nitrogen and oxygen atoms in total. The lowest BCUT2D eigenvalue weighted by Crippen LogP contribution is -2.48. The summed E-state index contributed by atoms with van der Waals surface area (Å²) in [5.41, 5.74) is 2.55. The second-order valence-electron chi connectivity index (χ2n) is 8.21. The van der Waals surface area contributed by atoms with Crippen molar-refractivity contribution in [3.05, 3.63) is 96.3 Å². The molecule has 0 saturated carbocycles. The number of pyridine rings is 1. The maximum atomic E-state index is 13.1. The van der Waals surface area contributed by atoms with Crippen molar-refractivity contribution in [3.8, 4) is 0 Å². The van der Waals surface area contributed by atoms with Crippen molar-refractivity contribution in [3.63, 3.8) is 0 Å². The van der Waals surface area contributed by atoms with Crippen LogP contribution in [0, 0.1) is 0 Å². The van der Waals surface area contributed by atoms with Gasteiger partial charge in [0, 0.05) is 57.3 Å². The van der Waals surface area contributed by atoms with Crippen molar-refractivity contribution in [1.82, 2.24) is 19.5 Å². The first-order chi connectivity index (χ1) is 17.0. The van der Waals surface area contributed by atoms with Crippen LogP contribution in [-0.2, 0) is 16.6 Å². The van der Waals surface area contributed by atoms with E-state index in [0.29, 0.717) is 38.4 Å². The highest BCUT2D eigenvalue weighted by atomic mass is 32.2. The lowest BCUT2D eigenvalue weighted by molar-refractivity contribution is 0.204. The van der Waals surface area contributed by atoms with Gasteiger partial charge >= 0.3 is 6.03 Å². The summed E-state index contributed by atoms with van der Waals surface area (Å²) in [7, 11) is -3.59. The SMILES string of the molecule is O=C(NCc1cccnc1)Nc1ccc(S(=O)(=O)N2CCN(CC=Cc3ccccc3)CC2)cc1. The molecule has 3 aromatic rings. The molecular weight excluding hydrogens is 462 g/mol. The molecule has 1 aromatic heterocycles. The highest BCUT2D eigenvalue weighted by Gasteiger charge is 2.28. The Kier molecular flexibility index (Phi) is 8.25. The van der Waals surface area contributed by atoms with E-state index in [2.05, 4.69) is 44.8 Å². The van der Waals surface area contributed by atoms with Crippen molar-refractivity contribution < 1.29 is 13.2 Å². The van der Waals surface area contributed by atoms with Gasteiger partial charge in [0.25, 0.3) is 0 Å². The maximum absolute atomic E-state index is 13.1. The van der Waals surface area contributed by atoms with E-state index < -0.39 is 10.0 Å². The molecule has 0 spiro atoms. The molecule has 1 aliphatic heterocycles. The van der Waals surface area contributed by atoms with Gasteiger partial charge in [-0.25, -0.2) is 13.2 Å². The summed E-state index contributed by atoms with van der Waals surface area (Å²) < 4.78 is 27.7. The Hall–Kier alpha value is -3.53. The number of sulfonamides is 1. The molecule has 0 aliphatic carbocycles. The zero-order chi connectivity index (χ0) is 24.5. The first-order valence-electron chi connectivity index (χ1n) is 11.5. The van der Waals surface area contributed by atoms with E-state index in [-0.39, 0.29) is 10.9 Å². The van der Waals surface area contributed by atoms with Crippen LogP contribution in [0.4, 0.5) is 10.5 Å². The Morgan fingerprint density at radius 1 is 0.943 bits per heavy atom. The van der Waals surface area contributed by atoms with Crippen LogP contribution >= 0.6 is 0 Å². The molecule has 9 heteroatoms.